The molecule has 2 aromatic rings. The van der Waals surface area contributed by atoms with Crippen LogP contribution < -0.4 is 10.1 Å². The Kier molecular flexibility index (Phi) is 9.18. The molecule has 0 aliphatic heterocycles. The van der Waals surface area contributed by atoms with Gasteiger partial charge in [-0.05, 0) is 47.9 Å². The minimum absolute atomic E-state index is 0.107. The van der Waals surface area contributed by atoms with Gasteiger partial charge in [-0.1, -0.05) is 87.6 Å². The van der Waals surface area contributed by atoms with Crippen molar-refractivity contribution in [3.63, 3.8) is 0 Å². The number of carbonyl (C=O) groups is 1. The third kappa shape index (κ3) is 7.16. The molecule has 0 radical (unpaired) electrons. The first kappa shape index (κ1) is 23.4. The maximum Gasteiger partial charge on any atom is 0.337 e. The number of anilines is 1. The molecule has 4 heteroatoms. The molecular formula is C28H33NO3. The van der Waals surface area contributed by atoms with Gasteiger partial charge in [0.05, 0.1) is 18.2 Å². The average molecular weight is 432 g/mol. The molecule has 0 saturated carbocycles. The van der Waals surface area contributed by atoms with Crippen LogP contribution in [0.4, 0.5) is 5.69 Å². The van der Waals surface area contributed by atoms with Crippen LogP contribution >= 0.6 is 0 Å². The van der Waals surface area contributed by atoms with Crippen molar-refractivity contribution in [3.05, 3.63) is 89.5 Å². The third-order valence-corrected chi connectivity index (χ3v) is 5.51. The molecule has 0 amide bonds. The van der Waals surface area contributed by atoms with Crippen molar-refractivity contribution in [1.82, 2.24) is 0 Å². The number of unbranched alkanes of at least 4 members (excludes halogenated alkanes) is 5. The molecule has 0 heterocycles. The Labute approximate surface area is 191 Å². The number of nitrogens with one attached hydrogen (secondary N) is 1. The van der Waals surface area contributed by atoms with E-state index in [0.717, 1.165) is 29.9 Å². The van der Waals surface area contributed by atoms with Gasteiger partial charge in [-0.15, -0.1) is 0 Å². The SMILES string of the molecule is CCCCCCCCOc1ccc(C=C2C=CC=CC2Nc2ccccc2C(=O)O)cc1. The highest BCUT2D eigenvalue weighted by molar-refractivity contribution is 5.94. The summed E-state index contributed by atoms with van der Waals surface area (Å²) < 4.78 is 5.88. The molecule has 1 aliphatic carbocycles. The Hall–Kier alpha value is -3.27. The smallest absolute Gasteiger partial charge is 0.337 e. The molecule has 32 heavy (non-hydrogen) atoms. The van der Waals surface area contributed by atoms with Crippen LogP contribution in [0.25, 0.3) is 6.08 Å². The molecule has 168 valence electrons. The van der Waals surface area contributed by atoms with Gasteiger partial charge in [0.25, 0.3) is 0 Å². The second kappa shape index (κ2) is 12.6. The van der Waals surface area contributed by atoms with Crippen LogP contribution in [0.1, 0.15) is 61.4 Å². The van der Waals surface area contributed by atoms with E-state index in [-0.39, 0.29) is 11.6 Å². The van der Waals surface area contributed by atoms with Gasteiger partial charge < -0.3 is 15.2 Å². The number of carboxylic acids is 1. The number of benzene rings is 2. The second-order valence-corrected chi connectivity index (χ2v) is 8.05. The van der Waals surface area contributed by atoms with Crippen LogP contribution in [0.15, 0.2) is 78.4 Å². The predicted octanol–water partition coefficient (Wildman–Crippen LogP) is 7.11. The molecule has 0 aromatic heterocycles. The summed E-state index contributed by atoms with van der Waals surface area (Å²) in [7, 11) is 0. The molecular weight excluding hydrogens is 398 g/mol. The molecule has 0 bridgehead atoms. The van der Waals surface area contributed by atoms with Gasteiger partial charge in [-0.25, -0.2) is 4.79 Å². The summed E-state index contributed by atoms with van der Waals surface area (Å²) in [5.41, 5.74) is 3.01. The molecule has 4 nitrogen and oxygen atoms in total. The molecule has 0 saturated heterocycles. The van der Waals surface area contributed by atoms with Gasteiger partial charge in [0.1, 0.15) is 5.75 Å². The zero-order valence-corrected chi connectivity index (χ0v) is 18.8. The van der Waals surface area contributed by atoms with Crippen molar-refractivity contribution in [3.8, 4) is 5.75 Å². The summed E-state index contributed by atoms with van der Waals surface area (Å²) in [6.07, 6.45) is 17.7. The Morgan fingerprint density at radius 3 is 2.53 bits per heavy atom. The molecule has 1 atom stereocenters. The monoisotopic (exact) mass is 431 g/mol. The number of hydrogen-bond donors (Lipinski definition) is 2. The average Bonchev–Trinajstić information content (AvgIpc) is 2.81. The fraction of sp³-hybridized carbons (Fsp3) is 0.321. The zero-order chi connectivity index (χ0) is 22.6. The number of para-hydroxylation sites is 1. The van der Waals surface area contributed by atoms with Crippen LogP contribution in [0.2, 0.25) is 0 Å². The lowest BCUT2D eigenvalue weighted by Crippen LogP contribution is -2.21. The van der Waals surface area contributed by atoms with Gasteiger partial charge in [-0.2, -0.15) is 0 Å². The van der Waals surface area contributed by atoms with Crippen LogP contribution in [0.3, 0.4) is 0 Å². The zero-order valence-electron chi connectivity index (χ0n) is 18.8. The standard InChI is InChI=1S/C28H33NO3/c1-2-3-4-5-6-11-20-32-24-18-16-22(17-19-24)21-23-12-7-9-14-26(23)29-27-15-10-8-13-25(27)28(30)31/h7-10,12-19,21,26,29H,2-6,11,20H2,1H3,(H,30,31). The van der Waals surface area contributed by atoms with Crippen molar-refractivity contribution in [1.29, 1.82) is 0 Å². The van der Waals surface area contributed by atoms with Gasteiger partial charge >= 0.3 is 5.97 Å². The Morgan fingerprint density at radius 2 is 1.75 bits per heavy atom. The normalized spacial score (nSPS) is 16.3. The summed E-state index contributed by atoms with van der Waals surface area (Å²) >= 11 is 0. The lowest BCUT2D eigenvalue weighted by molar-refractivity contribution is 0.0698. The molecule has 3 rings (SSSR count). The Balaban J connectivity index is 1.58. The molecule has 1 aliphatic rings. The Bertz CT molecular complexity index is 957. The van der Waals surface area contributed by atoms with Gasteiger partial charge in [-0.3, -0.25) is 0 Å². The number of rotatable bonds is 12. The van der Waals surface area contributed by atoms with E-state index in [1.807, 2.05) is 42.5 Å². The first-order valence-corrected chi connectivity index (χ1v) is 11.6. The van der Waals surface area contributed by atoms with E-state index < -0.39 is 5.97 Å². The highest BCUT2D eigenvalue weighted by atomic mass is 16.5. The molecule has 2 N–H and O–H groups in total. The Morgan fingerprint density at radius 1 is 1.00 bits per heavy atom. The van der Waals surface area contributed by atoms with Crippen molar-refractivity contribution in [2.75, 3.05) is 11.9 Å². The van der Waals surface area contributed by atoms with Crippen LogP contribution in [-0.2, 0) is 0 Å². The lowest BCUT2D eigenvalue weighted by atomic mass is 9.98. The van der Waals surface area contributed by atoms with E-state index in [1.165, 1.54) is 32.1 Å². The maximum atomic E-state index is 11.5. The number of hydrogen-bond acceptors (Lipinski definition) is 3. The lowest BCUT2D eigenvalue weighted by Gasteiger charge is -2.21. The fourth-order valence-corrected chi connectivity index (χ4v) is 3.71. The van der Waals surface area contributed by atoms with E-state index in [4.69, 9.17) is 4.74 Å². The summed E-state index contributed by atoms with van der Waals surface area (Å²) in [5, 5.41) is 12.8. The van der Waals surface area contributed by atoms with Gasteiger partial charge in [0.2, 0.25) is 0 Å². The summed E-state index contributed by atoms with van der Waals surface area (Å²) in [5.74, 6) is -0.0460. The molecule has 1 unspecified atom stereocenters. The largest absolute Gasteiger partial charge is 0.494 e. The van der Waals surface area contributed by atoms with E-state index in [1.54, 1.807) is 18.2 Å². The van der Waals surface area contributed by atoms with E-state index >= 15 is 0 Å². The van der Waals surface area contributed by atoms with E-state index in [2.05, 4.69) is 30.4 Å². The fourth-order valence-electron chi connectivity index (χ4n) is 3.71. The summed E-state index contributed by atoms with van der Waals surface area (Å²) in [4.78, 5) is 11.5. The van der Waals surface area contributed by atoms with Gasteiger partial charge in [0, 0.05) is 5.69 Å². The van der Waals surface area contributed by atoms with E-state index in [0.29, 0.717) is 5.69 Å². The molecule has 0 spiro atoms. The quantitative estimate of drug-likeness (QED) is 0.351. The number of ether oxygens (including phenoxy) is 1. The minimum Gasteiger partial charge on any atom is -0.494 e. The maximum absolute atomic E-state index is 11.5. The van der Waals surface area contributed by atoms with Crippen LogP contribution in [0.5, 0.6) is 5.75 Å². The second-order valence-electron chi connectivity index (χ2n) is 8.05. The third-order valence-electron chi connectivity index (χ3n) is 5.51. The van der Waals surface area contributed by atoms with E-state index in [9.17, 15) is 9.90 Å². The number of aromatic carboxylic acids is 1. The minimum atomic E-state index is -0.939. The van der Waals surface area contributed by atoms with Crippen molar-refractivity contribution >= 4 is 17.7 Å². The molecule has 0 fully saturated rings. The van der Waals surface area contributed by atoms with Crippen LogP contribution in [-0.4, -0.2) is 23.7 Å². The van der Waals surface area contributed by atoms with Gasteiger partial charge in [0.15, 0.2) is 0 Å². The first-order valence-electron chi connectivity index (χ1n) is 11.6. The first-order chi connectivity index (χ1) is 15.7. The van der Waals surface area contributed by atoms with Crippen molar-refractivity contribution < 1.29 is 14.6 Å². The predicted molar refractivity (Wildman–Crippen MR) is 132 cm³/mol. The molecule has 2 aromatic carbocycles. The summed E-state index contributed by atoms with van der Waals surface area (Å²) in [6, 6.07) is 15.0. The highest BCUT2D eigenvalue weighted by Crippen LogP contribution is 2.24. The highest BCUT2D eigenvalue weighted by Gasteiger charge is 2.15. The number of carboxylic acid groups (broad SMARTS) is 1. The van der Waals surface area contributed by atoms with Crippen molar-refractivity contribution in [2.24, 2.45) is 0 Å². The van der Waals surface area contributed by atoms with Crippen molar-refractivity contribution in [2.45, 2.75) is 51.5 Å². The van der Waals surface area contributed by atoms with Crippen LogP contribution in [0, 0.1) is 0 Å². The summed E-state index contributed by atoms with van der Waals surface area (Å²) in [6.45, 7) is 2.99. The number of allylic oxidation sites excluding steroid dienone is 2. The topological polar surface area (TPSA) is 58.6 Å².